The molecule has 696 valence electrons. The summed E-state index contributed by atoms with van der Waals surface area (Å²) < 4.78 is 0. The number of unbranched alkanes of at least 4 members (excludes halogenated alkanes) is 1. The highest BCUT2D eigenvalue weighted by Gasteiger charge is 2.46. The maximum atomic E-state index is 15.2. The Labute approximate surface area is 741 Å². The zero-order valence-corrected chi connectivity index (χ0v) is 72.8. The number of aliphatic hydroxyl groups excluding tert-OH is 3. The first-order valence-electron chi connectivity index (χ1n) is 42.0. The molecular weight excluding hydrogens is 1690 g/mol. The highest BCUT2D eigenvalue weighted by atomic mass is 32.2. The maximum Gasteiger partial charge on any atom is 0.246 e. The third-order valence-electron chi connectivity index (χ3n) is 22.6. The van der Waals surface area contributed by atoms with Crippen LogP contribution >= 0.6 is 11.8 Å². The van der Waals surface area contributed by atoms with Crippen LogP contribution in [0.5, 0.6) is 5.75 Å². The number of guanidine groups is 1. The van der Waals surface area contributed by atoms with E-state index in [0.29, 0.717) is 44.9 Å². The fourth-order valence-electron chi connectivity index (χ4n) is 15.3. The number of rotatable bonds is 22. The lowest BCUT2D eigenvalue weighted by atomic mass is 10.0. The van der Waals surface area contributed by atoms with Crippen molar-refractivity contribution >= 4 is 140 Å². The van der Waals surface area contributed by atoms with E-state index in [4.69, 9.17) is 28.3 Å². The van der Waals surface area contributed by atoms with Crippen LogP contribution in [-0.2, 0) is 101 Å². The van der Waals surface area contributed by atoms with Gasteiger partial charge in [-0.1, -0.05) is 68.3 Å². The maximum absolute atomic E-state index is 15.2. The van der Waals surface area contributed by atoms with Gasteiger partial charge < -0.3 is 136 Å². The Bertz CT molecular complexity index is 4860. The minimum atomic E-state index is -1.90. The first-order valence-corrected chi connectivity index (χ1v) is 43.1. The number of amides is 17. The Morgan fingerprint density at radius 3 is 1.69 bits per heavy atom. The summed E-state index contributed by atoms with van der Waals surface area (Å²) in [6, 6.07) is -3.04. The van der Waals surface area contributed by atoms with E-state index >= 15 is 14.4 Å². The summed E-state index contributed by atoms with van der Waals surface area (Å²) in [5, 5.41) is 79.5. The van der Waals surface area contributed by atoms with Crippen LogP contribution in [0.4, 0.5) is 0 Å². The number of phenols is 1. The summed E-state index contributed by atoms with van der Waals surface area (Å²) in [7, 11) is 3.75. The van der Waals surface area contributed by atoms with E-state index in [-0.39, 0.29) is 76.6 Å². The van der Waals surface area contributed by atoms with E-state index < -0.39 is 261 Å². The fraction of sp³-hybridized carbons (Fsp3) is 0.518. The molecule has 3 fully saturated rings. The largest absolute Gasteiger partial charge is 0.508 e. The van der Waals surface area contributed by atoms with Gasteiger partial charge in [-0.05, 0) is 93.3 Å². The number of para-hydroxylation sites is 2. The lowest BCUT2D eigenvalue weighted by Gasteiger charge is -2.34. The van der Waals surface area contributed by atoms with E-state index in [0.717, 1.165) is 36.3 Å². The summed E-state index contributed by atoms with van der Waals surface area (Å²) in [6.07, 6.45) is -0.448. The third kappa shape index (κ3) is 27.3. The molecule has 3 saturated heterocycles. The summed E-state index contributed by atoms with van der Waals surface area (Å²) in [4.78, 5) is 257. The number of carbonyl (C=O) groups excluding carboxylic acids is 17. The second-order valence-electron chi connectivity index (χ2n) is 31.8. The van der Waals surface area contributed by atoms with Crippen LogP contribution in [0, 0.1) is 5.41 Å². The first kappa shape index (κ1) is 100. The van der Waals surface area contributed by atoms with Gasteiger partial charge in [0, 0.05) is 120 Å². The number of carbonyl (C=O) groups is 17. The lowest BCUT2D eigenvalue weighted by Crippen LogP contribution is -2.62. The molecule has 17 amide bonds. The average molecular weight is 1810 g/mol. The number of benzene rings is 3. The summed E-state index contributed by atoms with van der Waals surface area (Å²) in [5.74, 6) is -18.6. The molecule has 3 aliphatic rings. The quantitative estimate of drug-likeness (QED) is 0.0174. The van der Waals surface area contributed by atoms with Gasteiger partial charge in [-0.2, -0.15) is 0 Å². The predicted molar refractivity (Wildman–Crippen MR) is 465 cm³/mol. The molecule has 45 heteroatoms. The van der Waals surface area contributed by atoms with Crippen molar-refractivity contribution < 1.29 is 102 Å². The standard InChI is InChI=1S/C83H117N23O21S/c1-7-8-20-63-75(120)98-59(34-66(85)111)82(127)105-28-14-21-64(105)76(121)100-61(40-108)74(119)95-55(26-29-107)81(126)106-39-49(110)33-65(106)77(122)96-56(31-46-36-90-52-17-11-9-15-50(46)52)72(117)99-60(35-84)73(118)97-58(32-47-37-91-53-18-12-10-16-51(47)53)79(124)103(5)44(3)78(123)102(4)43(2)69(114)94-54(19-13-27-89-83(87)88)71(116)101-62(70(115)92-38-67(86)112)41-128-42-68(113)93-57(80(125)104(63)6)30-45-22-24-48(109)25-23-45/h9-12,15-18,22-25,36-37,43-44,49,54-65,90-91,107-110H,7-8,13-14,19-21,26-35,38-42,84H2,1-6H3,(H2,85,111)(H2,86,112)(H,92,115)(H,93,113)(H,94,114)(H,95,119)(H,96,122)(H,97,118)(H,98,120)(H,99,117)(H,100,121)(H,101,116)(H4,87,88,89)/t43-,44-,49+,54-,55-,56-,57-,58-,59+,60-,61-,62-,63-,64-,65-/m0/s1. The number of thioether (sulfide) groups is 1. The number of H-pyrrole nitrogens is 2. The Kier molecular flexibility index (Phi) is 37.3. The Morgan fingerprint density at radius 1 is 0.539 bits per heavy atom. The topological polar surface area (TPSA) is 679 Å². The van der Waals surface area contributed by atoms with E-state index in [9.17, 15) is 87.5 Å². The predicted octanol–water partition coefficient (Wildman–Crippen LogP) is -6.77. The summed E-state index contributed by atoms with van der Waals surface area (Å²) >= 11 is 0.747. The number of hydrogen-bond acceptors (Lipinski definition) is 24. The molecule has 0 bridgehead atoms. The van der Waals surface area contributed by atoms with Gasteiger partial charge in [-0.15, -0.1) is 11.8 Å². The van der Waals surface area contributed by atoms with Crippen LogP contribution in [0.25, 0.3) is 21.8 Å². The number of nitrogens with two attached hydrogens (primary N) is 4. The van der Waals surface area contributed by atoms with Crippen molar-refractivity contribution in [2.75, 3.05) is 78.6 Å². The zero-order chi connectivity index (χ0) is 93.9. The second-order valence-corrected chi connectivity index (χ2v) is 32.9. The van der Waals surface area contributed by atoms with Crippen molar-refractivity contribution in [2.45, 2.75) is 195 Å². The van der Waals surface area contributed by atoms with Gasteiger partial charge in [0.15, 0.2) is 5.96 Å². The van der Waals surface area contributed by atoms with Gasteiger partial charge in [-0.25, -0.2) is 0 Å². The number of aliphatic hydroxyl groups is 3. The number of aromatic amines is 2. The van der Waals surface area contributed by atoms with Crippen molar-refractivity contribution in [2.24, 2.45) is 22.9 Å². The SMILES string of the molecule is CCCC[C@H]1C(=O)N[C@H](CC(N)=O)C(=O)N2CCC[C@H]2C(=O)N[C@@H](CO)C(=O)N[C@@H](CCO)C(=O)N2C[C@H](O)C[C@H]2C(=O)N[C@@H](Cc2c[nH]c3ccccc23)C(=O)N[C@@H](CN)C(=O)N[C@@H](Cc2c[nH]c3ccccc23)C(=O)N(C)[C@@H](C)C(=O)N(C)[C@@H](C)C(=O)N[C@@H](CCCNC(=N)N)C(=O)N[C@H](C(=O)NCC(N)=O)CSCC(=O)N[C@@H](Cc2ccc(O)cc2)C(=O)N1C. The molecule has 0 saturated carbocycles. The molecule has 26 N–H and O–H groups in total. The van der Waals surface area contributed by atoms with E-state index in [1.165, 1.54) is 59.3 Å². The molecular formula is C83H117N23O21S. The number of phenolic OH excluding ortho intramolecular Hbond substituents is 1. The highest BCUT2D eigenvalue weighted by molar-refractivity contribution is 8.00. The molecule has 5 heterocycles. The van der Waals surface area contributed by atoms with Crippen molar-refractivity contribution in [3.8, 4) is 5.75 Å². The average Bonchev–Trinajstić information content (AvgIpc) is 1.62. The number of nitrogens with one attached hydrogen (secondary N) is 14. The smallest absolute Gasteiger partial charge is 0.246 e. The third-order valence-corrected chi connectivity index (χ3v) is 23.7. The van der Waals surface area contributed by atoms with Crippen molar-refractivity contribution in [3.05, 3.63) is 102 Å². The molecule has 0 spiro atoms. The van der Waals surface area contributed by atoms with E-state index in [1.54, 1.807) is 67.8 Å². The van der Waals surface area contributed by atoms with E-state index in [2.05, 4.69) is 68.5 Å². The van der Waals surface area contributed by atoms with Gasteiger partial charge in [0.05, 0.1) is 31.4 Å². The van der Waals surface area contributed by atoms with Crippen molar-refractivity contribution in [3.63, 3.8) is 0 Å². The molecule has 44 nitrogen and oxygen atoms in total. The molecule has 2 aromatic heterocycles. The highest BCUT2D eigenvalue weighted by Crippen LogP contribution is 2.27. The number of aromatic nitrogens is 2. The van der Waals surface area contributed by atoms with E-state index in [1.807, 2.05) is 0 Å². The summed E-state index contributed by atoms with van der Waals surface area (Å²) in [6.45, 7) is 0.393. The minimum Gasteiger partial charge on any atom is -0.508 e. The molecule has 8 rings (SSSR count). The van der Waals surface area contributed by atoms with Crippen LogP contribution in [0.2, 0.25) is 0 Å². The molecule has 128 heavy (non-hydrogen) atoms. The second kappa shape index (κ2) is 47.5. The number of aromatic hydroxyl groups is 1. The van der Waals surface area contributed by atoms with Gasteiger partial charge in [0.2, 0.25) is 100 Å². The monoisotopic (exact) mass is 1800 g/mol. The lowest BCUT2D eigenvalue weighted by molar-refractivity contribution is -0.148. The number of likely N-dealkylation sites (N-methyl/N-ethyl adjacent to an activating group) is 3. The van der Waals surface area contributed by atoms with Crippen LogP contribution < -0.4 is 81.4 Å². The molecule has 3 aromatic carbocycles. The Hall–Kier alpha value is -13.0. The van der Waals surface area contributed by atoms with Gasteiger partial charge in [0.25, 0.3) is 0 Å². The Morgan fingerprint density at radius 2 is 1.08 bits per heavy atom. The first-order chi connectivity index (χ1) is 60.9. The zero-order valence-electron chi connectivity index (χ0n) is 72.0. The van der Waals surface area contributed by atoms with Crippen LogP contribution in [0.1, 0.15) is 102 Å². The molecule has 0 radical (unpaired) electrons. The molecule has 15 atom stereocenters. The van der Waals surface area contributed by atoms with Crippen LogP contribution in [0.15, 0.2) is 85.2 Å². The van der Waals surface area contributed by atoms with Gasteiger partial charge in [0.1, 0.15) is 90.3 Å². The molecule has 3 aliphatic heterocycles. The minimum absolute atomic E-state index is 0.0206. The van der Waals surface area contributed by atoms with Gasteiger partial charge >= 0.3 is 0 Å². The molecule has 0 unspecified atom stereocenters. The van der Waals surface area contributed by atoms with Crippen LogP contribution in [0.3, 0.4) is 0 Å². The normalized spacial score (nSPS) is 25.4. The Balaban J connectivity index is 1.16. The number of primary amides is 2. The van der Waals surface area contributed by atoms with Crippen molar-refractivity contribution in [1.29, 1.82) is 5.41 Å². The molecule has 5 aromatic rings. The summed E-state index contributed by atoms with van der Waals surface area (Å²) in [5.41, 5.74) is 25.6. The van der Waals surface area contributed by atoms with Gasteiger partial charge in [-0.3, -0.25) is 86.9 Å². The van der Waals surface area contributed by atoms with Crippen molar-refractivity contribution in [1.82, 2.24) is 93.0 Å². The fourth-order valence-corrected chi connectivity index (χ4v) is 16.1. The number of hydrogen-bond donors (Lipinski definition) is 22. The number of nitrogens with zero attached hydrogens (tertiary/aromatic N) is 5. The molecule has 0 aliphatic carbocycles. The number of fused-ring (bicyclic) bond motifs is 4. The van der Waals surface area contributed by atoms with Crippen LogP contribution in [-0.4, -0.2) is 331 Å².